The van der Waals surface area contributed by atoms with Crippen molar-refractivity contribution >= 4 is 17.5 Å². The first-order valence-electron chi connectivity index (χ1n) is 7.62. The first-order valence-corrected chi connectivity index (χ1v) is 7.62. The van der Waals surface area contributed by atoms with Crippen LogP contribution in [0.4, 0.5) is 5.69 Å². The van der Waals surface area contributed by atoms with E-state index in [1.165, 1.54) is 6.08 Å². The van der Waals surface area contributed by atoms with Gasteiger partial charge in [0.15, 0.2) is 5.78 Å². The van der Waals surface area contributed by atoms with Crippen molar-refractivity contribution < 1.29 is 14.3 Å². The Kier molecular flexibility index (Phi) is 5.80. The van der Waals surface area contributed by atoms with Gasteiger partial charge in [-0.3, -0.25) is 4.79 Å². The second-order valence-corrected chi connectivity index (χ2v) is 4.85. The molecular formula is C19H21NO3. The molecule has 0 amide bonds. The van der Waals surface area contributed by atoms with Crippen molar-refractivity contribution in [2.75, 3.05) is 18.9 Å². The van der Waals surface area contributed by atoms with Crippen molar-refractivity contribution in [3.63, 3.8) is 0 Å². The molecule has 0 heterocycles. The number of hydrogen-bond acceptors (Lipinski definition) is 4. The molecule has 4 heteroatoms. The van der Waals surface area contributed by atoms with Crippen LogP contribution in [-0.4, -0.2) is 19.0 Å². The standard InChI is InChI=1S/C19H21NO3/c1-3-22-18-6-5-7-19(23-4-2)16(18)12-13-17(21)14-8-10-15(20)11-9-14/h5-13H,3-4,20H2,1-2H3/b13-12+. The first kappa shape index (κ1) is 16.6. The fourth-order valence-electron chi connectivity index (χ4n) is 2.15. The third-order valence-electron chi connectivity index (χ3n) is 3.22. The number of ketones is 1. The summed E-state index contributed by atoms with van der Waals surface area (Å²) in [5.74, 6) is 1.29. The second-order valence-electron chi connectivity index (χ2n) is 4.85. The van der Waals surface area contributed by atoms with E-state index in [4.69, 9.17) is 15.2 Å². The number of benzene rings is 2. The molecule has 0 aliphatic rings. The fourth-order valence-corrected chi connectivity index (χ4v) is 2.15. The average Bonchev–Trinajstić information content (AvgIpc) is 2.55. The summed E-state index contributed by atoms with van der Waals surface area (Å²) in [5.41, 5.74) is 7.62. The Hall–Kier alpha value is -2.75. The molecular weight excluding hydrogens is 290 g/mol. The zero-order valence-corrected chi connectivity index (χ0v) is 13.4. The van der Waals surface area contributed by atoms with E-state index in [-0.39, 0.29) is 5.78 Å². The van der Waals surface area contributed by atoms with E-state index in [1.807, 2.05) is 32.0 Å². The van der Waals surface area contributed by atoms with Crippen molar-refractivity contribution in [1.29, 1.82) is 0 Å². The Bertz CT molecular complexity index is 666. The van der Waals surface area contributed by atoms with E-state index >= 15 is 0 Å². The average molecular weight is 311 g/mol. The molecule has 0 bridgehead atoms. The van der Waals surface area contributed by atoms with Crippen LogP contribution >= 0.6 is 0 Å². The zero-order valence-electron chi connectivity index (χ0n) is 13.4. The summed E-state index contributed by atoms with van der Waals surface area (Å²) < 4.78 is 11.2. The minimum absolute atomic E-state index is 0.0984. The van der Waals surface area contributed by atoms with Crippen molar-refractivity contribution in [3.8, 4) is 11.5 Å². The van der Waals surface area contributed by atoms with Gasteiger partial charge in [0, 0.05) is 11.3 Å². The normalized spacial score (nSPS) is 10.7. The number of ether oxygens (including phenoxy) is 2. The summed E-state index contributed by atoms with van der Waals surface area (Å²) >= 11 is 0. The third-order valence-corrected chi connectivity index (χ3v) is 3.22. The summed E-state index contributed by atoms with van der Waals surface area (Å²) in [7, 11) is 0. The molecule has 120 valence electrons. The molecule has 2 rings (SSSR count). The summed E-state index contributed by atoms with van der Waals surface area (Å²) in [6.07, 6.45) is 3.25. The maximum absolute atomic E-state index is 12.3. The SMILES string of the molecule is CCOc1cccc(OCC)c1/C=C/C(=O)c1ccc(N)cc1. The molecule has 0 aliphatic heterocycles. The number of nitrogens with two attached hydrogens (primary N) is 1. The van der Waals surface area contributed by atoms with Gasteiger partial charge in [0.25, 0.3) is 0 Å². The van der Waals surface area contributed by atoms with Gasteiger partial charge < -0.3 is 15.2 Å². The highest BCUT2D eigenvalue weighted by atomic mass is 16.5. The molecule has 0 spiro atoms. The monoisotopic (exact) mass is 311 g/mol. The first-order chi connectivity index (χ1) is 11.2. The van der Waals surface area contributed by atoms with E-state index in [2.05, 4.69) is 0 Å². The van der Waals surface area contributed by atoms with Crippen LogP contribution in [0.25, 0.3) is 6.08 Å². The van der Waals surface area contributed by atoms with Crippen molar-refractivity contribution in [2.45, 2.75) is 13.8 Å². The Morgan fingerprint density at radius 2 is 1.57 bits per heavy atom. The lowest BCUT2D eigenvalue weighted by Gasteiger charge is -2.12. The van der Waals surface area contributed by atoms with Crippen LogP contribution in [0, 0.1) is 0 Å². The second kappa shape index (κ2) is 8.03. The molecule has 0 fully saturated rings. The highest BCUT2D eigenvalue weighted by molar-refractivity contribution is 6.07. The molecule has 4 nitrogen and oxygen atoms in total. The molecule has 0 atom stereocenters. The Labute approximate surface area is 136 Å². The van der Waals surface area contributed by atoms with E-state index in [1.54, 1.807) is 30.3 Å². The lowest BCUT2D eigenvalue weighted by molar-refractivity contribution is 0.104. The van der Waals surface area contributed by atoms with Crippen LogP contribution in [0.15, 0.2) is 48.5 Å². The van der Waals surface area contributed by atoms with Crippen LogP contribution in [0.1, 0.15) is 29.8 Å². The number of allylic oxidation sites excluding steroid dienone is 1. The predicted molar refractivity (Wildman–Crippen MR) is 93.0 cm³/mol. The van der Waals surface area contributed by atoms with Gasteiger partial charge in [0.1, 0.15) is 11.5 Å². The van der Waals surface area contributed by atoms with E-state index < -0.39 is 0 Å². The van der Waals surface area contributed by atoms with Crippen LogP contribution < -0.4 is 15.2 Å². The zero-order chi connectivity index (χ0) is 16.7. The highest BCUT2D eigenvalue weighted by Crippen LogP contribution is 2.30. The number of carbonyl (C=O) groups excluding carboxylic acids is 1. The van der Waals surface area contributed by atoms with Gasteiger partial charge in [-0.25, -0.2) is 0 Å². The van der Waals surface area contributed by atoms with Gasteiger partial charge in [0.2, 0.25) is 0 Å². The maximum Gasteiger partial charge on any atom is 0.185 e. The topological polar surface area (TPSA) is 61.5 Å². The van der Waals surface area contributed by atoms with Gasteiger partial charge in [0.05, 0.1) is 18.8 Å². The van der Waals surface area contributed by atoms with E-state index in [0.29, 0.717) is 36.0 Å². The minimum atomic E-state index is -0.0984. The number of anilines is 1. The smallest absolute Gasteiger partial charge is 0.185 e. The Morgan fingerprint density at radius 3 is 2.09 bits per heavy atom. The molecule has 0 radical (unpaired) electrons. The third kappa shape index (κ3) is 4.36. The molecule has 0 aliphatic carbocycles. The fraction of sp³-hybridized carbons (Fsp3) is 0.211. The molecule has 2 N–H and O–H groups in total. The molecule has 0 unspecified atom stereocenters. The van der Waals surface area contributed by atoms with Crippen LogP contribution in [0.5, 0.6) is 11.5 Å². The van der Waals surface area contributed by atoms with Crippen LogP contribution in [0.2, 0.25) is 0 Å². The number of rotatable bonds is 7. The number of hydrogen-bond donors (Lipinski definition) is 1. The molecule has 0 saturated carbocycles. The number of nitrogen functional groups attached to an aromatic ring is 1. The maximum atomic E-state index is 12.3. The van der Waals surface area contributed by atoms with Gasteiger partial charge >= 0.3 is 0 Å². The van der Waals surface area contributed by atoms with Crippen molar-refractivity contribution in [2.24, 2.45) is 0 Å². The quantitative estimate of drug-likeness (QED) is 0.477. The Balaban J connectivity index is 2.29. The summed E-state index contributed by atoms with van der Waals surface area (Å²) in [4.78, 5) is 12.3. The van der Waals surface area contributed by atoms with Crippen molar-refractivity contribution in [3.05, 3.63) is 59.7 Å². The van der Waals surface area contributed by atoms with E-state index in [0.717, 1.165) is 5.56 Å². The molecule has 23 heavy (non-hydrogen) atoms. The van der Waals surface area contributed by atoms with Gasteiger partial charge in [-0.05, 0) is 62.4 Å². The molecule has 2 aromatic rings. The van der Waals surface area contributed by atoms with Gasteiger partial charge in [-0.2, -0.15) is 0 Å². The minimum Gasteiger partial charge on any atom is -0.493 e. The molecule has 0 aromatic heterocycles. The number of carbonyl (C=O) groups is 1. The largest absolute Gasteiger partial charge is 0.493 e. The molecule has 2 aromatic carbocycles. The molecule has 0 saturated heterocycles. The van der Waals surface area contributed by atoms with Crippen molar-refractivity contribution in [1.82, 2.24) is 0 Å². The summed E-state index contributed by atoms with van der Waals surface area (Å²) in [6.45, 7) is 4.92. The Morgan fingerprint density at radius 1 is 1.00 bits per heavy atom. The van der Waals surface area contributed by atoms with Gasteiger partial charge in [-0.15, -0.1) is 0 Å². The van der Waals surface area contributed by atoms with Gasteiger partial charge in [-0.1, -0.05) is 6.07 Å². The summed E-state index contributed by atoms with van der Waals surface area (Å²) in [6, 6.07) is 12.4. The summed E-state index contributed by atoms with van der Waals surface area (Å²) in [5, 5.41) is 0. The highest BCUT2D eigenvalue weighted by Gasteiger charge is 2.09. The predicted octanol–water partition coefficient (Wildman–Crippen LogP) is 3.96. The lowest BCUT2D eigenvalue weighted by atomic mass is 10.1. The lowest BCUT2D eigenvalue weighted by Crippen LogP contribution is -1.99. The van der Waals surface area contributed by atoms with Crippen LogP contribution in [0.3, 0.4) is 0 Å². The van der Waals surface area contributed by atoms with Crippen LogP contribution in [-0.2, 0) is 0 Å². The van der Waals surface area contributed by atoms with E-state index in [9.17, 15) is 4.79 Å².